The summed E-state index contributed by atoms with van der Waals surface area (Å²) in [5.74, 6) is -0.529. The Hall–Kier alpha value is -1.69. The van der Waals surface area contributed by atoms with Crippen LogP contribution >= 0.6 is 0 Å². The Labute approximate surface area is 70.0 Å². The minimum absolute atomic E-state index is 0.529. The van der Waals surface area contributed by atoms with Gasteiger partial charge in [0, 0.05) is 18.3 Å². The summed E-state index contributed by atoms with van der Waals surface area (Å²) in [4.78, 5) is 3.46. The molecule has 0 unspecified atom stereocenters. The third kappa shape index (κ3) is 1.89. The smallest absolute Gasteiger partial charge is 0.213 e. The Morgan fingerprint density at radius 2 is 2.42 bits per heavy atom. The number of aromatic nitrogens is 1. The van der Waals surface area contributed by atoms with Gasteiger partial charge >= 0.3 is 0 Å². The minimum Gasteiger partial charge on any atom is -0.228 e. The molecule has 0 saturated carbocycles. The lowest BCUT2D eigenvalue weighted by molar-refractivity contribution is 0.582. The average molecular weight is 162 g/mol. The number of hydrogen-bond donors (Lipinski definition) is 0. The van der Waals surface area contributed by atoms with Gasteiger partial charge in [-0.05, 0) is 24.1 Å². The molecule has 0 saturated heterocycles. The molecule has 1 heterocycles. The zero-order chi connectivity index (χ0) is 8.97. The highest BCUT2D eigenvalue weighted by molar-refractivity contribution is 5.54. The van der Waals surface area contributed by atoms with E-state index in [2.05, 4.69) is 4.98 Å². The molecule has 0 aliphatic carbocycles. The van der Waals surface area contributed by atoms with Crippen molar-refractivity contribution in [1.29, 1.82) is 5.26 Å². The molecule has 0 aliphatic heterocycles. The largest absolute Gasteiger partial charge is 0.228 e. The fourth-order valence-corrected chi connectivity index (χ4v) is 0.819. The topological polar surface area (TPSA) is 36.7 Å². The number of hydrogen-bond acceptors (Lipinski definition) is 2. The second kappa shape index (κ2) is 3.63. The molecule has 2 nitrogen and oxygen atoms in total. The van der Waals surface area contributed by atoms with Crippen molar-refractivity contribution in [1.82, 2.24) is 4.98 Å². The molecule has 1 aromatic rings. The van der Waals surface area contributed by atoms with E-state index in [0.717, 1.165) is 5.56 Å². The van der Waals surface area contributed by atoms with Crippen molar-refractivity contribution in [3.63, 3.8) is 0 Å². The Kier molecular flexibility index (Phi) is 2.54. The summed E-state index contributed by atoms with van der Waals surface area (Å²) in [5.41, 5.74) is 1.53. The molecule has 0 radical (unpaired) electrons. The molecular formula is C9H7FN2. The summed E-state index contributed by atoms with van der Waals surface area (Å²) < 4.78 is 12.5. The zero-order valence-electron chi connectivity index (χ0n) is 6.58. The SMILES string of the molecule is Cc1cnc(F)cc1C=CC#N. The van der Waals surface area contributed by atoms with E-state index in [1.165, 1.54) is 18.3 Å². The number of nitrogens with zero attached hydrogens (tertiary/aromatic N) is 2. The molecule has 3 heteroatoms. The fourth-order valence-electron chi connectivity index (χ4n) is 0.819. The summed E-state index contributed by atoms with van der Waals surface area (Å²) in [6.07, 6.45) is 4.30. The van der Waals surface area contributed by atoms with Gasteiger partial charge < -0.3 is 0 Å². The highest BCUT2D eigenvalue weighted by Gasteiger charge is 1.96. The predicted molar refractivity (Wildman–Crippen MR) is 43.6 cm³/mol. The predicted octanol–water partition coefficient (Wildman–Crippen LogP) is 2.07. The van der Waals surface area contributed by atoms with E-state index >= 15 is 0 Å². The van der Waals surface area contributed by atoms with Gasteiger partial charge in [0.2, 0.25) is 5.95 Å². The van der Waals surface area contributed by atoms with Crippen LogP contribution in [-0.4, -0.2) is 4.98 Å². The third-order valence-corrected chi connectivity index (χ3v) is 1.45. The molecule has 0 fully saturated rings. The fraction of sp³-hybridized carbons (Fsp3) is 0.111. The van der Waals surface area contributed by atoms with Crippen LogP contribution in [0, 0.1) is 24.2 Å². The lowest BCUT2D eigenvalue weighted by Gasteiger charge is -1.97. The maximum absolute atomic E-state index is 12.5. The first-order chi connectivity index (χ1) is 5.74. The first kappa shape index (κ1) is 8.41. The monoisotopic (exact) mass is 162 g/mol. The third-order valence-electron chi connectivity index (χ3n) is 1.45. The zero-order valence-corrected chi connectivity index (χ0v) is 6.58. The Balaban J connectivity index is 3.07. The van der Waals surface area contributed by atoms with Crippen LogP contribution in [0.15, 0.2) is 18.3 Å². The van der Waals surface area contributed by atoms with Gasteiger partial charge in [0.15, 0.2) is 0 Å². The second-order valence-corrected chi connectivity index (χ2v) is 2.33. The van der Waals surface area contributed by atoms with Crippen molar-refractivity contribution in [2.24, 2.45) is 0 Å². The van der Waals surface area contributed by atoms with Crippen LogP contribution in [0.4, 0.5) is 4.39 Å². The standard InChI is InChI=1S/C9H7FN2/c1-7-6-12-9(10)5-8(7)3-2-4-11/h2-3,5-6H,1H3. The van der Waals surface area contributed by atoms with Gasteiger partial charge in [-0.1, -0.05) is 0 Å². The number of rotatable bonds is 1. The van der Waals surface area contributed by atoms with Crippen LogP contribution in [0.1, 0.15) is 11.1 Å². The second-order valence-electron chi connectivity index (χ2n) is 2.33. The summed E-state index contributed by atoms with van der Waals surface area (Å²) in [6.45, 7) is 1.81. The average Bonchev–Trinajstić information content (AvgIpc) is 2.07. The Morgan fingerprint density at radius 3 is 3.08 bits per heavy atom. The number of allylic oxidation sites excluding steroid dienone is 1. The van der Waals surface area contributed by atoms with Gasteiger partial charge in [-0.25, -0.2) is 4.98 Å². The summed E-state index contributed by atoms with van der Waals surface area (Å²) in [6, 6.07) is 3.13. The van der Waals surface area contributed by atoms with E-state index in [0.29, 0.717) is 5.56 Å². The van der Waals surface area contributed by atoms with E-state index in [9.17, 15) is 4.39 Å². The highest BCUT2D eigenvalue weighted by atomic mass is 19.1. The van der Waals surface area contributed by atoms with Gasteiger partial charge in [-0.15, -0.1) is 0 Å². The first-order valence-electron chi connectivity index (χ1n) is 3.42. The van der Waals surface area contributed by atoms with Crippen LogP contribution in [0.25, 0.3) is 6.08 Å². The molecule has 0 aromatic carbocycles. The first-order valence-corrected chi connectivity index (χ1v) is 3.42. The van der Waals surface area contributed by atoms with Crippen molar-refractivity contribution in [2.75, 3.05) is 0 Å². The van der Waals surface area contributed by atoms with E-state index in [1.807, 2.05) is 13.0 Å². The molecule has 0 N–H and O–H groups in total. The van der Waals surface area contributed by atoms with Crippen molar-refractivity contribution in [2.45, 2.75) is 6.92 Å². The maximum Gasteiger partial charge on any atom is 0.213 e. The Morgan fingerprint density at radius 1 is 1.67 bits per heavy atom. The van der Waals surface area contributed by atoms with Crippen LogP contribution in [0.3, 0.4) is 0 Å². The maximum atomic E-state index is 12.5. The van der Waals surface area contributed by atoms with Gasteiger partial charge in [-0.2, -0.15) is 9.65 Å². The van der Waals surface area contributed by atoms with Crippen molar-refractivity contribution in [3.8, 4) is 6.07 Å². The van der Waals surface area contributed by atoms with Gasteiger partial charge in [0.1, 0.15) is 0 Å². The van der Waals surface area contributed by atoms with Crippen LogP contribution in [0.5, 0.6) is 0 Å². The number of nitriles is 1. The van der Waals surface area contributed by atoms with Gasteiger partial charge in [0.05, 0.1) is 6.07 Å². The minimum atomic E-state index is -0.529. The molecule has 1 aromatic heterocycles. The lowest BCUT2D eigenvalue weighted by Crippen LogP contribution is -1.87. The van der Waals surface area contributed by atoms with Crippen molar-refractivity contribution in [3.05, 3.63) is 35.4 Å². The summed E-state index contributed by atoms with van der Waals surface area (Å²) in [7, 11) is 0. The van der Waals surface area contributed by atoms with Gasteiger partial charge in [0.25, 0.3) is 0 Å². The number of aryl methyl sites for hydroxylation is 1. The van der Waals surface area contributed by atoms with E-state index in [1.54, 1.807) is 6.08 Å². The van der Waals surface area contributed by atoms with E-state index < -0.39 is 5.95 Å². The molecule has 1 rings (SSSR count). The molecule has 12 heavy (non-hydrogen) atoms. The highest BCUT2D eigenvalue weighted by Crippen LogP contribution is 2.08. The number of pyridine rings is 1. The van der Waals surface area contributed by atoms with Crippen LogP contribution < -0.4 is 0 Å². The summed E-state index contributed by atoms with van der Waals surface area (Å²) >= 11 is 0. The lowest BCUT2D eigenvalue weighted by atomic mass is 10.1. The Bertz CT molecular complexity index is 350. The van der Waals surface area contributed by atoms with Gasteiger partial charge in [-0.3, -0.25) is 0 Å². The quantitative estimate of drug-likeness (QED) is 0.468. The molecule has 0 atom stereocenters. The molecule has 60 valence electrons. The normalized spacial score (nSPS) is 10.1. The molecular weight excluding hydrogens is 155 g/mol. The van der Waals surface area contributed by atoms with Crippen molar-refractivity contribution >= 4 is 6.08 Å². The molecule has 0 aliphatic rings. The molecule has 0 spiro atoms. The van der Waals surface area contributed by atoms with E-state index in [-0.39, 0.29) is 0 Å². The molecule has 0 bridgehead atoms. The van der Waals surface area contributed by atoms with Crippen LogP contribution in [-0.2, 0) is 0 Å². The van der Waals surface area contributed by atoms with Crippen molar-refractivity contribution < 1.29 is 4.39 Å². The van der Waals surface area contributed by atoms with E-state index in [4.69, 9.17) is 5.26 Å². The summed E-state index contributed by atoms with van der Waals surface area (Å²) in [5, 5.41) is 8.24. The number of halogens is 1. The van der Waals surface area contributed by atoms with Crippen LogP contribution in [0.2, 0.25) is 0 Å². The molecule has 0 amide bonds.